The molecule has 30 valence electrons. The molecule has 0 saturated heterocycles. The van der Waals surface area contributed by atoms with E-state index >= 15 is 0 Å². The molecule has 0 aliphatic rings. The van der Waals surface area contributed by atoms with Gasteiger partial charge in [0.15, 0.2) is 0 Å². The number of hydrogen-bond donors (Lipinski definition) is 1. The Labute approximate surface area is 32.5 Å². The summed E-state index contributed by atoms with van der Waals surface area (Å²) in [6, 6.07) is 0. The maximum Gasteiger partial charge on any atom is 0.327 e. The summed E-state index contributed by atoms with van der Waals surface area (Å²) < 4.78 is 15.2. The fourth-order valence-electron chi connectivity index (χ4n) is 0. The van der Waals surface area contributed by atoms with E-state index in [1.165, 1.54) is 0 Å². The third kappa shape index (κ3) is 70.4. The lowest BCUT2D eigenvalue weighted by molar-refractivity contribution is -1.27. The summed E-state index contributed by atoms with van der Waals surface area (Å²) >= 11 is -0.167. The molecule has 5 heavy (non-hydrogen) atoms. The summed E-state index contributed by atoms with van der Waals surface area (Å²) in [7, 11) is 0. The van der Waals surface area contributed by atoms with Gasteiger partial charge in [-0.15, -0.1) is 4.66 Å². The highest BCUT2D eigenvalue weighted by atomic mass is 35.6. The molecule has 0 fully saturated rings. The van der Waals surface area contributed by atoms with Gasteiger partial charge >= 0.3 is 11.3 Å². The molecule has 0 aromatic carbocycles. The highest BCUT2D eigenvalue weighted by Gasteiger charge is 1.47. The number of nitrogens with zero attached hydrogens (tertiary/aromatic N) is 2. The molecule has 0 saturated carbocycles. The minimum absolute atomic E-state index is 0.167. The maximum atomic E-state index is 8.35. The average Bonchev–Trinajstić information content (AvgIpc) is 1.46. The van der Waals surface area contributed by atoms with Crippen molar-refractivity contribution in [1.82, 2.24) is 0 Å². The van der Waals surface area contributed by atoms with Crippen molar-refractivity contribution in [1.29, 1.82) is 10.8 Å². The first kappa shape index (κ1) is 8.82. The number of halogens is 1. The second-order valence-electron chi connectivity index (χ2n) is 0.0690. The van der Waals surface area contributed by atoms with Gasteiger partial charge in [-0.1, -0.05) is 0 Å². The van der Waals surface area contributed by atoms with Crippen molar-refractivity contribution in [2.75, 3.05) is 0 Å². The molecule has 5 heteroatoms. The molecule has 0 bridgehead atoms. The topological polar surface area (TPSA) is 90.9 Å². The zero-order chi connectivity index (χ0) is 4.71. The first-order chi connectivity index (χ1) is 2.41. The lowest BCUT2D eigenvalue weighted by Gasteiger charge is -1.46. The zero-order valence-electron chi connectivity index (χ0n) is 2.13. The van der Waals surface area contributed by atoms with Crippen LogP contribution >= 0.6 is 0 Å². The van der Waals surface area contributed by atoms with Crippen LogP contribution in [0.15, 0.2) is 0 Å². The maximum absolute atomic E-state index is 8.35. The monoisotopic (exact) mass is 96.0 g/mol. The molecule has 4 nitrogen and oxygen atoms in total. The van der Waals surface area contributed by atoms with Gasteiger partial charge in [-0.3, -0.25) is 0 Å². The Balaban J connectivity index is 0. The van der Waals surface area contributed by atoms with E-state index in [2.05, 4.69) is 0 Å². The highest BCUT2D eigenvalue weighted by molar-refractivity contribution is 2.30. The van der Waals surface area contributed by atoms with Crippen molar-refractivity contribution in [2.45, 2.75) is 0 Å². The van der Waals surface area contributed by atoms with Crippen LogP contribution in [0.5, 0.6) is 0 Å². The van der Waals surface area contributed by atoms with Crippen LogP contribution in [-0.4, -0.2) is 4.66 Å². The molecule has 0 atom stereocenters. The molecule has 0 aromatic rings. The van der Waals surface area contributed by atoms with E-state index in [-0.39, 0.29) is 11.3 Å². The Morgan fingerprint density at radius 2 is 1.60 bits per heavy atom. The van der Waals surface area contributed by atoms with Crippen molar-refractivity contribution in [3.8, 4) is 0 Å². The first-order valence-corrected chi connectivity index (χ1v) is 1.17. The summed E-state index contributed by atoms with van der Waals surface area (Å²) in [6.45, 7) is 0. The van der Waals surface area contributed by atoms with Crippen LogP contribution in [-0.2, 0) is 0 Å². The van der Waals surface area contributed by atoms with Gasteiger partial charge in [-0.05, 0) is 0 Å². The molecular weight excluding hydrogens is 95.5 g/mol. The van der Waals surface area contributed by atoms with Gasteiger partial charge in [0.05, 0.1) is 0 Å². The fourth-order valence-corrected chi connectivity index (χ4v) is 0. The van der Waals surface area contributed by atoms with Crippen molar-refractivity contribution < 1.29 is 20.6 Å². The van der Waals surface area contributed by atoms with E-state index in [4.69, 9.17) is 20.1 Å². The van der Waals surface area contributed by atoms with E-state index in [0.717, 1.165) is 0 Å². The lowest BCUT2D eigenvalue weighted by Crippen LogP contribution is -1.94. The van der Waals surface area contributed by atoms with Gasteiger partial charge < -0.3 is 4.66 Å². The molecule has 0 aliphatic carbocycles. The predicted octanol–water partition coefficient (Wildman–Crippen LogP) is -1.72. The normalized spacial score (nSPS) is 4.00. The average molecular weight is 96.5 g/mol. The van der Waals surface area contributed by atoms with E-state index in [1.54, 1.807) is 0 Å². The SMILES string of the molecule is N#N.[O-][Cl+]O. The molecule has 0 aliphatic heterocycles. The fraction of sp³-hybridized carbons (Fsp3) is 0. The van der Waals surface area contributed by atoms with E-state index in [1.807, 2.05) is 0 Å². The molecule has 0 amide bonds. The number of hydrogen-bond acceptors (Lipinski definition) is 4. The second kappa shape index (κ2) is 63.3. The van der Waals surface area contributed by atoms with Crippen LogP contribution in [0.1, 0.15) is 0 Å². The Bertz CT molecular complexity index is 18.9. The Morgan fingerprint density at radius 1 is 1.60 bits per heavy atom. The van der Waals surface area contributed by atoms with Crippen molar-refractivity contribution in [3.63, 3.8) is 0 Å². The third-order valence-corrected chi connectivity index (χ3v) is 0. The summed E-state index contributed by atoms with van der Waals surface area (Å²) in [5.74, 6) is 0. The Kier molecular flexibility index (Phi) is 112. The van der Waals surface area contributed by atoms with Gasteiger partial charge in [0.25, 0.3) is 0 Å². The van der Waals surface area contributed by atoms with Gasteiger partial charge in [-0.25, -0.2) is 0 Å². The van der Waals surface area contributed by atoms with Gasteiger partial charge in [0.1, 0.15) is 0 Å². The minimum Gasteiger partial charge on any atom is -0.506 e. The first-order valence-electron chi connectivity index (χ1n) is 0.523. The third-order valence-electron chi connectivity index (χ3n) is 0. The van der Waals surface area contributed by atoms with Gasteiger partial charge in [-0.2, -0.15) is 0 Å². The van der Waals surface area contributed by atoms with Crippen molar-refractivity contribution in [2.24, 2.45) is 0 Å². The van der Waals surface area contributed by atoms with Crippen LogP contribution < -0.4 is 4.66 Å². The molecule has 0 aromatic heterocycles. The van der Waals surface area contributed by atoms with E-state index < -0.39 is 0 Å². The summed E-state index contributed by atoms with van der Waals surface area (Å²) in [6.07, 6.45) is 0. The second-order valence-corrected chi connectivity index (χ2v) is 0.207. The Hall–Kier alpha value is -0.370. The van der Waals surface area contributed by atoms with Crippen LogP contribution in [0.2, 0.25) is 0 Å². The summed E-state index contributed by atoms with van der Waals surface area (Å²) in [5, 5.41) is 12.0. The smallest absolute Gasteiger partial charge is 0.327 e. The molecule has 0 unspecified atom stereocenters. The Morgan fingerprint density at radius 3 is 1.60 bits per heavy atom. The summed E-state index contributed by atoms with van der Waals surface area (Å²) in [4.78, 5) is 0. The van der Waals surface area contributed by atoms with Crippen LogP contribution in [0.25, 0.3) is 0 Å². The highest BCUT2D eigenvalue weighted by Crippen LogP contribution is 1.13. The molecule has 0 radical (unpaired) electrons. The van der Waals surface area contributed by atoms with E-state index in [0.29, 0.717) is 0 Å². The summed E-state index contributed by atoms with van der Waals surface area (Å²) in [5.41, 5.74) is 0. The van der Waals surface area contributed by atoms with Gasteiger partial charge in [0, 0.05) is 10.8 Å². The van der Waals surface area contributed by atoms with Crippen LogP contribution in [0.4, 0.5) is 0 Å². The predicted molar refractivity (Wildman–Crippen MR) is 5.67 cm³/mol. The standard InChI is InChI=1S/ClHO2.N2/c2-1-3;1-2/h2H;. The lowest BCUT2D eigenvalue weighted by atomic mass is 13.4. The minimum atomic E-state index is -0.167. The zero-order valence-corrected chi connectivity index (χ0v) is 2.88. The largest absolute Gasteiger partial charge is 0.506 e. The molecule has 0 rings (SSSR count). The van der Waals surface area contributed by atoms with Crippen LogP contribution in [0, 0.1) is 22.1 Å². The van der Waals surface area contributed by atoms with Crippen molar-refractivity contribution >= 4 is 0 Å². The molecule has 0 heterocycles. The molecule has 0 spiro atoms. The van der Waals surface area contributed by atoms with Gasteiger partial charge in [0.2, 0.25) is 0 Å². The van der Waals surface area contributed by atoms with Crippen LogP contribution in [0.3, 0.4) is 0 Å². The van der Waals surface area contributed by atoms with E-state index in [9.17, 15) is 0 Å². The quantitative estimate of drug-likeness (QED) is 0.363. The molecular formula is HClN2O2. The van der Waals surface area contributed by atoms with Crippen molar-refractivity contribution in [3.05, 3.63) is 0 Å². The molecule has 1 N–H and O–H groups in total. The number of rotatable bonds is 0.